The molecular weight excluding hydrogens is 112 g/mol. The molecule has 0 aromatic heterocycles. The van der Waals surface area contributed by atoms with E-state index < -0.39 is 0 Å². The Labute approximate surface area is 57.4 Å². The summed E-state index contributed by atoms with van der Waals surface area (Å²) in [6.45, 7) is 2.41. The highest BCUT2D eigenvalue weighted by Crippen LogP contribution is 1.93. The molecule has 1 radical (unpaired) electrons. The van der Waals surface area contributed by atoms with Crippen LogP contribution in [0.5, 0.6) is 0 Å². The first-order valence-electron chi connectivity index (χ1n) is 3.51. The van der Waals surface area contributed by atoms with Gasteiger partial charge in [0.2, 0.25) is 0 Å². The normalized spacial score (nSPS) is 10.9. The first kappa shape index (κ1) is 8.70. The lowest BCUT2D eigenvalue weighted by Gasteiger charge is -1.86. The van der Waals surface area contributed by atoms with E-state index in [1.165, 1.54) is 6.42 Å². The molecule has 53 valence electrons. The summed E-state index contributed by atoms with van der Waals surface area (Å²) in [4.78, 5) is 0. The van der Waals surface area contributed by atoms with Crippen molar-refractivity contribution in [3.63, 3.8) is 0 Å². The summed E-state index contributed by atoms with van der Waals surface area (Å²) >= 11 is 0. The third-order valence-electron chi connectivity index (χ3n) is 1.02. The zero-order valence-corrected chi connectivity index (χ0v) is 6.01. The van der Waals surface area contributed by atoms with Crippen molar-refractivity contribution in [2.75, 3.05) is 6.61 Å². The van der Waals surface area contributed by atoms with Crippen LogP contribution in [0, 0.1) is 6.42 Å². The predicted molar refractivity (Wildman–Crippen MR) is 40.1 cm³/mol. The fourth-order valence-electron chi connectivity index (χ4n) is 0.530. The Balaban J connectivity index is 2.86. The summed E-state index contributed by atoms with van der Waals surface area (Å²) in [5.41, 5.74) is 0. The lowest BCUT2D eigenvalue weighted by Crippen LogP contribution is -1.75. The first-order chi connectivity index (χ1) is 4.41. The van der Waals surface area contributed by atoms with Gasteiger partial charge >= 0.3 is 0 Å². The average molecular weight is 127 g/mol. The van der Waals surface area contributed by atoms with E-state index in [9.17, 15) is 0 Å². The van der Waals surface area contributed by atoms with E-state index in [1.807, 2.05) is 12.2 Å². The Morgan fingerprint density at radius 1 is 1.33 bits per heavy atom. The number of hydrogen-bond donors (Lipinski definition) is 1. The smallest absolute Gasteiger partial charge is 0.0465 e. The molecule has 0 saturated carbocycles. The van der Waals surface area contributed by atoms with Crippen molar-refractivity contribution in [1.29, 1.82) is 0 Å². The van der Waals surface area contributed by atoms with Crippen molar-refractivity contribution in [3.05, 3.63) is 18.6 Å². The van der Waals surface area contributed by atoms with Gasteiger partial charge in [-0.15, -0.1) is 0 Å². The largest absolute Gasteiger partial charge is 0.396 e. The number of unbranched alkanes of at least 4 members (excludes halogenated alkanes) is 2. The van der Waals surface area contributed by atoms with Gasteiger partial charge < -0.3 is 5.11 Å². The van der Waals surface area contributed by atoms with Gasteiger partial charge in [0.25, 0.3) is 0 Å². The minimum absolute atomic E-state index is 0.260. The Morgan fingerprint density at radius 3 is 2.67 bits per heavy atom. The second-order valence-electron chi connectivity index (χ2n) is 1.96. The molecule has 0 amide bonds. The Kier molecular flexibility index (Phi) is 7.44. The van der Waals surface area contributed by atoms with Gasteiger partial charge in [0.05, 0.1) is 0 Å². The molecule has 0 spiro atoms. The molecular formula is C8H15O. The van der Waals surface area contributed by atoms with Gasteiger partial charge in [-0.25, -0.2) is 0 Å². The maximum absolute atomic E-state index is 8.36. The highest BCUT2D eigenvalue weighted by atomic mass is 16.2. The first-order valence-corrected chi connectivity index (χ1v) is 3.51. The van der Waals surface area contributed by atoms with Gasteiger partial charge in [-0.05, 0) is 19.3 Å². The van der Waals surface area contributed by atoms with Crippen LogP contribution in [0.15, 0.2) is 12.2 Å². The van der Waals surface area contributed by atoms with E-state index in [-0.39, 0.29) is 6.61 Å². The fourth-order valence-corrected chi connectivity index (χ4v) is 0.530. The van der Waals surface area contributed by atoms with Crippen molar-refractivity contribution < 1.29 is 5.11 Å². The summed E-state index contributed by atoms with van der Waals surface area (Å²) in [7, 11) is 0. The quantitative estimate of drug-likeness (QED) is 0.559. The molecule has 9 heavy (non-hydrogen) atoms. The van der Waals surface area contributed by atoms with Crippen LogP contribution in [-0.4, -0.2) is 11.7 Å². The Morgan fingerprint density at radius 2 is 2.11 bits per heavy atom. The van der Waals surface area contributed by atoms with E-state index in [0.717, 1.165) is 12.8 Å². The summed E-state index contributed by atoms with van der Waals surface area (Å²) < 4.78 is 0. The molecule has 0 aliphatic rings. The maximum Gasteiger partial charge on any atom is 0.0465 e. The van der Waals surface area contributed by atoms with E-state index in [1.54, 1.807) is 0 Å². The lowest BCUT2D eigenvalue weighted by molar-refractivity contribution is 0.302. The number of allylic oxidation sites excluding steroid dienone is 1. The van der Waals surface area contributed by atoms with Crippen LogP contribution >= 0.6 is 0 Å². The van der Waals surface area contributed by atoms with Crippen LogP contribution in [0.1, 0.15) is 26.2 Å². The van der Waals surface area contributed by atoms with Crippen LogP contribution in [0.3, 0.4) is 0 Å². The molecule has 0 aromatic rings. The second-order valence-corrected chi connectivity index (χ2v) is 1.96. The third-order valence-corrected chi connectivity index (χ3v) is 1.02. The van der Waals surface area contributed by atoms with Gasteiger partial charge in [0.15, 0.2) is 0 Å². The molecule has 0 unspecified atom stereocenters. The van der Waals surface area contributed by atoms with Gasteiger partial charge in [-0.3, -0.25) is 0 Å². The second kappa shape index (κ2) is 7.70. The van der Waals surface area contributed by atoms with Gasteiger partial charge in [-0.1, -0.05) is 25.5 Å². The molecule has 0 bridgehead atoms. The fraction of sp³-hybridized carbons (Fsp3) is 0.625. The monoisotopic (exact) mass is 127 g/mol. The number of rotatable bonds is 5. The summed E-state index contributed by atoms with van der Waals surface area (Å²) in [6.07, 6.45) is 9.23. The molecule has 1 nitrogen and oxygen atoms in total. The van der Waals surface area contributed by atoms with Gasteiger partial charge in [-0.2, -0.15) is 0 Å². The molecule has 0 saturated heterocycles. The summed E-state index contributed by atoms with van der Waals surface area (Å²) in [5, 5.41) is 8.36. The zero-order chi connectivity index (χ0) is 6.95. The van der Waals surface area contributed by atoms with Crippen molar-refractivity contribution >= 4 is 0 Å². The Hall–Kier alpha value is -0.300. The number of hydrogen-bond acceptors (Lipinski definition) is 1. The molecule has 0 aliphatic carbocycles. The van der Waals surface area contributed by atoms with Crippen LogP contribution in [0.25, 0.3) is 0 Å². The highest BCUT2D eigenvalue weighted by Gasteiger charge is 1.77. The Bertz CT molecular complexity index is 67.0. The standard InChI is InChI=1S/C8H15O/c1-2-3-4-5-6-7-8-9/h4-6,9H,2-3,7-8H2,1H3. The summed E-state index contributed by atoms with van der Waals surface area (Å²) in [5.74, 6) is 0. The van der Waals surface area contributed by atoms with Crippen molar-refractivity contribution in [2.24, 2.45) is 0 Å². The third kappa shape index (κ3) is 7.70. The zero-order valence-electron chi connectivity index (χ0n) is 6.01. The number of aliphatic hydroxyl groups excluding tert-OH is 1. The van der Waals surface area contributed by atoms with Crippen LogP contribution < -0.4 is 0 Å². The topological polar surface area (TPSA) is 20.2 Å². The van der Waals surface area contributed by atoms with E-state index >= 15 is 0 Å². The van der Waals surface area contributed by atoms with E-state index in [4.69, 9.17) is 5.11 Å². The van der Waals surface area contributed by atoms with Crippen LogP contribution in [0.4, 0.5) is 0 Å². The molecule has 1 N–H and O–H groups in total. The van der Waals surface area contributed by atoms with Crippen molar-refractivity contribution in [1.82, 2.24) is 0 Å². The minimum Gasteiger partial charge on any atom is -0.396 e. The lowest BCUT2D eigenvalue weighted by atomic mass is 10.2. The maximum atomic E-state index is 8.36. The van der Waals surface area contributed by atoms with Crippen molar-refractivity contribution in [2.45, 2.75) is 26.2 Å². The van der Waals surface area contributed by atoms with E-state index in [2.05, 4.69) is 13.3 Å². The van der Waals surface area contributed by atoms with Gasteiger partial charge in [0, 0.05) is 6.61 Å². The highest BCUT2D eigenvalue weighted by molar-refractivity contribution is 4.93. The molecule has 0 aliphatic heterocycles. The average Bonchev–Trinajstić information content (AvgIpc) is 1.89. The van der Waals surface area contributed by atoms with Crippen molar-refractivity contribution in [3.8, 4) is 0 Å². The molecule has 0 rings (SSSR count). The summed E-state index contributed by atoms with van der Waals surface area (Å²) in [6, 6.07) is 0. The van der Waals surface area contributed by atoms with E-state index in [0.29, 0.717) is 0 Å². The number of aliphatic hydroxyl groups is 1. The predicted octanol–water partition coefficient (Wildman–Crippen LogP) is 1.93. The molecule has 0 heterocycles. The molecule has 0 aromatic carbocycles. The molecule has 0 atom stereocenters. The molecule has 0 fully saturated rings. The van der Waals surface area contributed by atoms with Crippen LogP contribution in [0.2, 0.25) is 0 Å². The SMILES string of the molecule is CCC[CH]C=CCCO. The van der Waals surface area contributed by atoms with Gasteiger partial charge in [0.1, 0.15) is 0 Å². The van der Waals surface area contributed by atoms with Crippen LogP contribution in [-0.2, 0) is 0 Å². The minimum atomic E-state index is 0.260. The molecule has 1 heteroatoms.